The summed E-state index contributed by atoms with van der Waals surface area (Å²) in [5.74, 6) is -1.16. The smallest absolute Gasteiger partial charge is 0.338 e. The van der Waals surface area contributed by atoms with E-state index in [4.69, 9.17) is 35.0 Å². The zero-order valence-corrected chi connectivity index (χ0v) is 19.7. The summed E-state index contributed by atoms with van der Waals surface area (Å²) >= 11 is 0. The third-order valence-electron chi connectivity index (χ3n) is 4.19. The van der Waals surface area contributed by atoms with Crippen LogP contribution in [0.15, 0.2) is 49.1 Å². The molecule has 2 rings (SSSR count). The molecule has 0 atom stereocenters. The van der Waals surface area contributed by atoms with E-state index in [1.54, 1.807) is 0 Å². The third kappa shape index (κ3) is 19.1. The summed E-state index contributed by atoms with van der Waals surface area (Å²) in [6, 6.07) is 10.0. The lowest BCUT2D eigenvalue weighted by atomic mass is 9.88. The zero-order valence-electron chi connectivity index (χ0n) is 19.7. The molecule has 5 N–H and O–H groups in total. The molecular weight excluding hydrogens is 448 g/mol. The van der Waals surface area contributed by atoms with E-state index in [0.717, 1.165) is 12.2 Å². The molecule has 10 nitrogen and oxygen atoms in total. The van der Waals surface area contributed by atoms with E-state index in [9.17, 15) is 9.59 Å². The molecule has 1 aliphatic rings. The van der Waals surface area contributed by atoms with Crippen LogP contribution in [-0.2, 0) is 23.8 Å². The van der Waals surface area contributed by atoms with E-state index < -0.39 is 17.4 Å². The predicted octanol–water partition coefficient (Wildman–Crippen LogP) is 0.320. The summed E-state index contributed by atoms with van der Waals surface area (Å²) in [4.78, 5) is 19.8. The van der Waals surface area contributed by atoms with Gasteiger partial charge in [-0.2, -0.15) is 0 Å². The first-order valence-corrected chi connectivity index (χ1v) is 10.7. The fourth-order valence-corrected chi connectivity index (χ4v) is 1.83. The van der Waals surface area contributed by atoms with Crippen molar-refractivity contribution < 1.29 is 49.3 Å². The molecule has 0 radical (unpaired) electrons. The van der Waals surface area contributed by atoms with E-state index in [2.05, 4.69) is 11.3 Å². The van der Waals surface area contributed by atoms with Crippen LogP contribution in [0, 0.1) is 5.41 Å². The van der Waals surface area contributed by atoms with Crippen LogP contribution in [0.3, 0.4) is 0 Å². The van der Waals surface area contributed by atoms with Crippen LogP contribution in [0.25, 0.3) is 6.08 Å². The molecule has 10 heteroatoms. The number of ether oxygens (including phenoxy) is 3. The Morgan fingerprint density at radius 1 is 0.824 bits per heavy atom. The molecule has 1 aromatic carbocycles. The average molecular weight is 487 g/mol. The van der Waals surface area contributed by atoms with Crippen LogP contribution >= 0.6 is 0 Å². The van der Waals surface area contributed by atoms with Gasteiger partial charge in [0.05, 0.1) is 59.5 Å². The van der Waals surface area contributed by atoms with Gasteiger partial charge in [-0.05, 0) is 12.0 Å². The fourth-order valence-electron chi connectivity index (χ4n) is 1.83. The lowest BCUT2D eigenvalue weighted by Crippen LogP contribution is -2.32. The highest BCUT2D eigenvalue weighted by molar-refractivity contribution is 6.04. The van der Waals surface area contributed by atoms with Crippen LogP contribution in [0.4, 0.5) is 0 Å². The highest BCUT2D eigenvalue weighted by Crippen LogP contribution is 2.18. The molecule has 0 amide bonds. The second-order valence-electron chi connectivity index (χ2n) is 6.69. The summed E-state index contributed by atoms with van der Waals surface area (Å²) in [5.41, 5.74) is 0.507. The SMILES string of the molecule is C=Cc1ccccc1.CCC(CO)(CO)CO.O=C1C=CC(=O)O1.OCCOCCOCCO. The van der Waals surface area contributed by atoms with Crippen molar-refractivity contribution in [2.45, 2.75) is 13.3 Å². The quantitative estimate of drug-likeness (QED) is 0.158. The maximum Gasteiger partial charge on any atom is 0.338 e. The van der Waals surface area contributed by atoms with Gasteiger partial charge in [0, 0.05) is 17.6 Å². The number of aliphatic hydroxyl groups is 5. The van der Waals surface area contributed by atoms with Gasteiger partial charge in [-0.15, -0.1) is 0 Å². The Kier molecular flexibility index (Phi) is 23.5. The van der Waals surface area contributed by atoms with Crippen LogP contribution in [0.5, 0.6) is 0 Å². The number of benzene rings is 1. The molecule has 0 aromatic heterocycles. The molecular formula is C24H38O10. The maximum atomic E-state index is 9.92. The molecule has 34 heavy (non-hydrogen) atoms. The Labute approximate surface area is 200 Å². The topological polar surface area (TPSA) is 163 Å². The second-order valence-corrected chi connectivity index (χ2v) is 6.69. The first-order chi connectivity index (χ1) is 16.4. The van der Waals surface area contributed by atoms with Gasteiger partial charge < -0.3 is 39.7 Å². The Morgan fingerprint density at radius 3 is 1.47 bits per heavy atom. The normalized spacial score (nSPS) is 11.8. The van der Waals surface area contributed by atoms with Crippen molar-refractivity contribution >= 4 is 18.0 Å². The highest BCUT2D eigenvalue weighted by atomic mass is 16.6. The zero-order chi connectivity index (χ0) is 26.1. The van der Waals surface area contributed by atoms with Crippen molar-refractivity contribution in [3.05, 3.63) is 54.6 Å². The van der Waals surface area contributed by atoms with Crippen molar-refractivity contribution in [3.8, 4) is 0 Å². The van der Waals surface area contributed by atoms with Gasteiger partial charge >= 0.3 is 11.9 Å². The molecule has 0 spiro atoms. The van der Waals surface area contributed by atoms with Gasteiger partial charge in [-0.3, -0.25) is 0 Å². The first-order valence-electron chi connectivity index (χ1n) is 10.7. The summed E-state index contributed by atoms with van der Waals surface area (Å²) in [6.45, 7) is 6.71. The van der Waals surface area contributed by atoms with Gasteiger partial charge in [-0.1, -0.05) is 49.9 Å². The standard InChI is InChI=1S/C8H8.C6H14O4.C6H14O3.C4H2O3/c1-2-8-6-4-3-5-7-8;7-1-3-9-5-6-10-4-2-8;1-2-6(3-7,4-8)5-9;5-3-1-2-4(6)7-3/h2-7H,1H2;7-8H,1-6H2;7-9H,2-5H2,1H3;1-2H. The van der Waals surface area contributed by atoms with Crippen molar-refractivity contribution in [1.82, 2.24) is 0 Å². The lowest BCUT2D eigenvalue weighted by molar-refractivity contribution is -0.150. The number of hydrogen-bond donors (Lipinski definition) is 5. The van der Waals surface area contributed by atoms with Crippen LogP contribution in [0.2, 0.25) is 0 Å². The molecule has 1 aliphatic heterocycles. The molecule has 1 aromatic rings. The van der Waals surface area contributed by atoms with E-state index in [1.165, 1.54) is 5.56 Å². The first kappa shape index (κ1) is 33.7. The van der Waals surface area contributed by atoms with Crippen molar-refractivity contribution in [2.24, 2.45) is 5.41 Å². The monoisotopic (exact) mass is 486 g/mol. The number of esters is 2. The van der Waals surface area contributed by atoms with Crippen LogP contribution in [-0.4, -0.2) is 96.9 Å². The Balaban J connectivity index is 0. The summed E-state index contributed by atoms with van der Waals surface area (Å²) < 4.78 is 13.7. The molecule has 0 saturated heterocycles. The number of hydrogen-bond acceptors (Lipinski definition) is 10. The number of aliphatic hydroxyl groups excluding tert-OH is 5. The number of carbonyl (C=O) groups is 2. The number of cyclic esters (lactones) is 2. The molecule has 0 fully saturated rings. The second kappa shape index (κ2) is 23.7. The molecule has 194 valence electrons. The minimum Gasteiger partial charge on any atom is -0.396 e. The number of rotatable bonds is 12. The Bertz CT molecular complexity index is 615. The van der Waals surface area contributed by atoms with E-state index >= 15 is 0 Å². The molecule has 1 heterocycles. The third-order valence-corrected chi connectivity index (χ3v) is 4.19. The highest BCUT2D eigenvalue weighted by Gasteiger charge is 2.24. The minimum atomic E-state index is -0.667. The van der Waals surface area contributed by atoms with Gasteiger partial charge in [0.1, 0.15) is 0 Å². The van der Waals surface area contributed by atoms with Gasteiger partial charge in [0.2, 0.25) is 0 Å². The number of carbonyl (C=O) groups excluding carboxylic acids is 2. The minimum absolute atomic E-state index is 0.0417. The van der Waals surface area contributed by atoms with E-state index in [1.807, 2.05) is 43.3 Å². The van der Waals surface area contributed by atoms with E-state index in [0.29, 0.717) is 32.8 Å². The largest absolute Gasteiger partial charge is 0.396 e. The van der Waals surface area contributed by atoms with Crippen molar-refractivity contribution in [3.63, 3.8) is 0 Å². The summed E-state index contributed by atoms with van der Waals surface area (Å²) in [5, 5.41) is 42.5. The Morgan fingerprint density at radius 2 is 1.26 bits per heavy atom. The lowest BCUT2D eigenvalue weighted by Gasteiger charge is -2.24. The molecule has 0 saturated carbocycles. The van der Waals surface area contributed by atoms with E-state index in [-0.39, 0.29) is 33.0 Å². The Hall–Kier alpha value is -2.44. The van der Waals surface area contributed by atoms with Gasteiger partial charge in [-0.25, -0.2) is 9.59 Å². The maximum absolute atomic E-state index is 9.92. The molecule has 0 unspecified atom stereocenters. The van der Waals surface area contributed by atoms with Crippen LogP contribution in [0.1, 0.15) is 18.9 Å². The van der Waals surface area contributed by atoms with Crippen molar-refractivity contribution in [1.29, 1.82) is 0 Å². The fraction of sp³-hybridized carbons (Fsp3) is 0.500. The van der Waals surface area contributed by atoms with Crippen molar-refractivity contribution in [2.75, 3.05) is 59.5 Å². The summed E-state index contributed by atoms with van der Waals surface area (Å²) in [6.07, 6.45) is 4.60. The summed E-state index contributed by atoms with van der Waals surface area (Å²) in [7, 11) is 0. The predicted molar refractivity (Wildman–Crippen MR) is 127 cm³/mol. The molecule has 0 aliphatic carbocycles. The van der Waals surface area contributed by atoms with Gasteiger partial charge in [0.25, 0.3) is 0 Å². The molecule has 0 bridgehead atoms. The van der Waals surface area contributed by atoms with Crippen LogP contribution < -0.4 is 0 Å². The average Bonchev–Trinajstić information content (AvgIpc) is 3.27. The van der Waals surface area contributed by atoms with Gasteiger partial charge in [0.15, 0.2) is 0 Å².